The van der Waals surface area contributed by atoms with E-state index in [0.29, 0.717) is 6.54 Å². The number of carboxylic acids is 1. The van der Waals surface area contributed by atoms with Gasteiger partial charge < -0.3 is 15.3 Å². The lowest BCUT2D eigenvalue weighted by Crippen LogP contribution is -2.59. The molecule has 0 aliphatic carbocycles. The van der Waals surface area contributed by atoms with E-state index in [1.165, 1.54) is 0 Å². The quantitative estimate of drug-likeness (QED) is 0.844. The molecule has 98 valence electrons. The van der Waals surface area contributed by atoms with E-state index >= 15 is 0 Å². The third-order valence-corrected chi connectivity index (χ3v) is 3.42. The normalized spacial score (nSPS) is 17.9. The van der Waals surface area contributed by atoms with Gasteiger partial charge in [-0.3, -0.25) is 0 Å². The molecule has 2 N–H and O–H groups in total. The van der Waals surface area contributed by atoms with E-state index in [1.54, 1.807) is 13.8 Å². The van der Waals surface area contributed by atoms with Crippen molar-refractivity contribution in [3.8, 4) is 0 Å². The van der Waals surface area contributed by atoms with Gasteiger partial charge in [0, 0.05) is 12.1 Å². The van der Waals surface area contributed by atoms with Crippen LogP contribution in [0.25, 0.3) is 0 Å². The van der Waals surface area contributed by atoms with Crippen molar-refractivity contribution in [3.05, 3.63) is 24.3 Å². The van der Waals surface area contributed by atoms with Crippen LogP contribution in [0.2, 0.25) is 0 Å². The first kappa shape index (κ1) is 12.7. The molecule has 1 aliphatic rings. The van der Waals surface area contributed by atoms with Gasteiger partial charge in [0.25, 0.3) is 0 Å². The van der Waals surface area contributed by atoms with Crippen LogP contribution in [0.1, 0.15) is 27.7 Å². The number of nitrogens with zero attached hydrogens (tertiary/aromatic N) is 1. The van der Waals surface area contributed by atoms with Gasteiger partial charge in [-0.1, -0.05) is 12.1 Å². The van der Waals surface area contributed by atoms with Crippen molar-refractivity contribution in [1.82, 2.24) is 0 Å². The van der Waals surface area contributed by atoms with Crippen molar-refractivity contribution >= 4 is 17.3 Å². The van der Waals surface area contributed by atoms with E-state index in [4.69, 9.17) is 0 Å². The number of anilines is 2. The summed E-state index contributed by atoms with van der Waals surface area (Å²) in [5, 5.41) is 12.9. The molecular weight excluding hydrogens is 228 g/mol. The summed E-state index contributed by atoms with van der Waals surface area (Å²) < 4.78 is 0. The molecule has 1 aromatic carbocycles. The third kappa shape index (κ3) is 2.03. The van der Waals surface area contributed by atoms with Gasteiger partial charge in [0.05, 0.1) is 11.4 Å². The first-order chi connectivity index (χ1) is 8.24. The molecule has 1 aromatic rings. The van der Waals surface area contributed by atoms with Crippen molar-refractivity contribution in [2.24, 2.45) is 0 Å². The minimum absolute atomic E-state index is 0.152. The largest absolute Gasteiger partial charge is 0.480 e. The summed E-state index contributed by atoms with van der Waals surface area (Å²) in [7, 11) is 0. The van der Waals surface area contributed by atoms with Crippen LogP contribution in [0.15, 0.2) is 24.3 Å². The zero-order valence-corrected chi connectivity index (χ0v) is 11.3. The summed E-state index contributed by atoms with van der Waals surface area (Å²) in [5.41, 5.74) is 0.864. The van der Waals surface area contributed by atoms with Gasteiger partial charge in [-0.15, -0.1) is 0 Å². The van der Waals surface area contributed by atoms with Gasteiger partial charge in [0.1, 0.15) is 5.54 Å². The summed E-state index contributed by atoms with van der Waals surface area (Å²) in [6, 6.07) is 7.84. The molecule has 0 aromatic heterocycles. The molecule has 0 saturated carbocycles. The Balaban J connectivity index is 2.51. The van der Waals surface area contributed by atoms with Gasteiger partial charge in [-0.2, -0.15) is 0 Å². The highest BCUT2D eigenvalue weighted by atomic mass is 16.4. The molecule has 0 fully saturated rings. The monoisotopic (exact) mass is 248 g/mol. The second-order valence-electron chi connectivity index (χ2n) is 5.98. The predicted molar refractivity (Wildman–Crippen MR) is 73.2 cm³/mol. The number of fused-ring (bicyclic) bond motifs is 1. The number of para-hydroxylation sites is 2. The van der Waals surface area contributed by atoms with Crippen LogP contribution < -0.4 is 10.2 Å². The summed E-state index contributed by atoms with van der Waals surface area (Å²) in [6.45, 7) is 8.30. The summed E-state index contributed by atoms with van der Waals surface area (Å²) >= 11 is 0. The highest BCUT2D eigenvalue weighted by Gasteiger charge is 2.41. The van der Waals surface area contributed by atoms with Crippen molar-refractivity contribution in [3.63, 3.8) is 0 Å². The van der Waals surface area contributed by atoms with Gasteiger partial charge in [0.2, 0.25) is 0 Å². The Kier molecular flexibility index (Phi) is 2.76. The zero-order chi connectivity index (χ0) is 13.6. The molecule has 18 heavy (non-hydrogen) atoms. The Morgan fingerprint density at radius 3 is 2.61 bits per heavy atom. The highest BCUT2D eigenvalue weighted by Crippen LogP contribution is 2.38. The predicted octanol–water partition coefficient (Wildman–Crippen LogP) is 2.56. The van der Waals surface area contributed by atoms with E-state index in [2.05, 4.69) is 19.2 Å². The molecule has 1 aliphatic heterocycles. The van der Waals surface area contributed by atoms with Crippen LogP contribution in [-0.2, 0) is 4.79 Å². The Labute approximate surface area is 108 Å². The minimum Gasteiger partial charge on any atom is -0.480 e. The van der Waals surface area contributed by atoms with Gasteiger partial charge >= 0.3 is 5.97 Å². The van der Waals surface area contributed by atoms with Crippen molar-refractivity contribution in [2.45, 2.75) is 38.8 Å². The maximum atomic E-state index is 11.5. The van der Waals surface area contributed by atoms with Crippen LogP contribution in [-0.4, -0.2) is 28.7 Å². The standard InChI is InChI=1S/C14H20N2O2/c1-13(2)9-16(14(3,4)12(17)18)11-8-6-5-7-10(11)15-13/h5-8,15H,9H2,1-4H3,(H,17,18). The average molecular weight is 248 g/mol. The molecule has 4 heteroatoms. The van der Waals surface area contributed by atoms with Gasteiger partial charge in [-0.05, 0) is 39.8 Å². The fourth-order valence-corrected chi connectivity index (χ4v) is 2.31. The number of rotatable bonds is 2. The number of nitrogens with one attached hydrogen (secondary N) is 1. The van der Waals surface area contributed by atoms with Crippen molar-refractivity contribution in [2.75, 3.05) is 16.8 Å². The van der Waals surface area contributed by atoms with E-state index in [0.717, 1.165) is 11.4 Å². The Morgan fingerprint density at radius 2 is 2.00 bits per heavy atom. The van der Waals surface area contributed by atoms with Crippen LogP contribution in [0.3, 0.4) is 0 Å². The van der Waals surface area contributed by atoms with Gasteiger partial charge in [0.15, 0.2) is 0 Å². The average Bonchev–Trinajstić information content (AvgIpc) is 2.26. The molecule has 0 saturated heterocycles. The number of benzene rings is 1. The van der Waals surface area contributed by atoms with E-state index in [1.807, 2.05) is 29.2 Å². The fourth-order valence-electron chi connectivity index (χ4n) is 2.31. The Hall–Kier alpha value is -1.71. The molecule has 0 unspecified atom stereocenters. The van der Waals surface area contributed by atoms with Crippen LogP contribution in [0, 0.1) is 0 Å². The number of carbonyl (C=O) groups is 1. The minimum atomic E-state index is -0.921. The second kappa shape index (κ2) is 3.90. The smallest absolute Gasteiger partial charge is 0.328 e. The topological polar surface area (TPSA) is 52.6 Å². The number of aliphatic carboxylic acids is 1. The Bertz CT molecular complexity index is 480. The van der Waals surface area contributed by atoms with Crippen LogP contribution in [0.5, 0.6) is 0 Å². The van der Waals surface area contributed by atoms with Crippen LogP contribution in [0.4, 0.5) is 11.4 Å². The van der Waals surface area contributed by atoms with E-state index in [9.17, 15) is 9.90 Å². The van der Waals surface area contributed by atoms with E-state index in [-0.39, 0.29) is 5.54 Å². The lowest BCUT2D eigenvalue weighted by Gasteiger charge is -2.47. The molecule has 0 atom stereocenters. The molecule has 0 radical (unpaired) electrons. The molecule has 0 bridgehead atoms. The van der Waals surface area contributed by atoms with E-state index < -0.39 is 11.5 Å². The molecule has 4 nitrogen and oxygen atoms in total. The summed E-state index contributed by atoms with van der Waals surface area (Å²) in [5.74, 6) is -0.810. The number of hydrogen-bond donors (Lipinski definition) is 2. The molecule has 0 amide bonds. The molecule has 2 rings (SSSR count). The zero-order valence-electron chi connectivity index (χ0n) is 11.3. The first-order valence-corrected chi connectivity index (χ1v) is 6.12. The highest BCUT2D eigenvalue weighted by molar-refractivity contribution is 5.86. The third-order valence-electron chi connectivity index (χ3n) is 3.42. The molecule has 0 spiro atoms. The van der Waals surface area contributed by atoms with Crippen molar-refractivity contribution < 1.29 is 9.90 Å². The maximum absolute atomic E-state index is 11.5. The lowest BCUT2D eigenvalue weighted by atomic mass is 9.93. The second-order valence-corrected chi connectivity index (χ2v) is 5.98. The Morgan fingerprint density at radius 1 is 1.39 bits per heavy atom. The summed E-state index contributed by atoms with van der Waals surface area (Å²) in [6.07, 6.45) is 0. The molecular formula is C14H20N2O2. The maximum Gasteiger partial charge on any atom is 0.328 e. The first-order valence-electron chi connectivity index (χ1n) is 6.12. The number of carboxylic acid groups (broad SMARTS) is 1. The molecule has 1 heterocycles. The number of hydrogen-bond acceptors (Lipinski definition) is 3. The van der Waals surface area contributed by atoms with Gasteiger partial charge in [-0.25, -0.2) is 4.79 Å². The SMILES string of the molecule is CC1(C)CN(C(C)(C)C(=O)O)c2ccccc2N1. The summed E-state index contributed by atoms with van der Waals surface area (Å²) in [4.78, 5) is 13.4. The van der Waals surface area contributed by atoms with Crippen molar-refractivity contribution in [1.29, 1.82) is 0 Å². The lowest BCUT2D eigenvalue weighted by molar-refractivity contribution is -0.142. The fraction of sp³-hybridized carbons (Fsp3) is 0.500. The van der Waals surface area contributed by atoms with Crippen LogP contribution >= 0.6 is 0 Å².